The summed E-state index contributed by atoms with van der Waals surface area (Å²) >= 11 is 0. The second kappa shape index (κ2) is 5.57. The molecule has 0 fully saturated rings. The molecule has 1 aromatic rings. The predicted octanol–water partition coefficient (Wildman–Crippen LogP) is 1.71. The van der Waals surface area contributed by atoms with Crippen LogP contribution in [0.1, 0.15) is 10.4 Å². The average Bonchev–Trinajstić information content (AvgIpc) is 2.36. The quantitative estimate of drug-likeness (QED) is 0.478. The third-order valence-electron chi connectivity index (χ3n) is 2.08. The summed E-state index contributed by atoms with van der Waals surface area (Å²) in [6.45, 7) is 0. The Hall–Kier alpha value is -1.97. The Kier molecular flexibility index (Phi) is 4.48. The molecule has 0 aliphatic rings. The van der Waals surface area contributed by atoms with E-state index in [4.69, 9.17) is 0 Å². The molecule has 112 valence electrons. The molecule has 0 saturated carbocycles. The molecule has 1 aromatic carbocycles. The summed E-state index contributed by atoms with van der Waals surface area (Å²) in [5.41, 5.74) is -6.15. The van der Waals surface area contributed by atoms with Gasteiger partial charge in [-0.05, 0) is 12.1 Å². The van der Waals surface area contributed by atoms with Crippen LogP contribution in [0.25, 0.3) is 0 Å². The van der Waals surface area contributed by atoms with Gasteiger partial charge in [-0.2, -0.15) is 21.6 Å². The van der Waals surface area contributed by atoms with Crippen LogP contribution in [0, 0.1) is 0 Å². The second-order valence-electron chi connectivity index (χ2n) is 3.31. The van der Waals surface area contributed by atoms with E-state index in [2.05, 4.69) is 13.7 Å². The topological polar surface area (TPSA) is 78.9 Å². The molecular weight excluding hydrogens is 305 g/mol. The molecule has 0 atom stereocenters. The molecule has 1 rings (SSSR count). The molecular formula is C10H9F3O6S. The molecule has 0 unspecified atom stereocenters. The first-order valence-corrected chi connectivity index (χ1v) is 6.31. The van der Waals surface area contributed by atoms with Crippen LogP contribution in [0.2, 0.25) is 0 Å². The van der Waals surface area contributed by atoms with Gasteiger partial charge in [0.1, 0.15) is 5.56 Å². The zero-order valence-corrected chi connectivity index (χ0v) is 11.0. The van der Waals surface area contributed by atoms with Crippen molar-refractivity contribution in [1.29, 1.82) is 0 Å². The SMILES string of the molecule is COC(=O)c1cccc(OC)c1OS(=O)(=O)C(F)(F)F. The number of halogens is 3. The molecule has 0 aromatic heterocycles. The maximum Gasteiger partial charge on any atom is 0.534 e. The molecule has 0 spiro atoms. The molecule has 0 N–H and O–H groups in total. The van der Waals surface area contributed by atoms with Crippen LogP contribution < -0.4 is 8.92 Å². The van der Waals surface area contributed by atoms with Crippen molar-refractivity contribution in [3.63, 3.8) is 0 Å². The highest BCUT2D eigenvalue weighted by atomic mass is 32.2. The highest BCUT2D eigenvalue weighted by molar-refractivity contribution is 7.88. The number of para-hydroxylation sites is 1. The first-order valence-electron chi connectivity index (χ1n) is 4.90. The number of carbonyl (C=O) groups is 1. The standard InChI is InChI=1S/C10H9F3O6S/c1-17-7-5-3-4-6(9(14)18-2)8(7)19-20(15,16)10(11,12)13/h3-5H,1-2H3. The lowest BCUT2D eigenvalue weighted by Gasteiger charge is -2.14. The Morgan fingerprint density at radius 2 is 1.80 bits per heavy atom. The van der Waals surface area contributed by atoms with Gasteiger partial charge in [0.2, 0.25) is 0 Å². The monoisotopic (exact) mass is 314 g/mol. The van der Waals surface area contributed by atoms with E-state index in [0.29, 0.717) is 0 Å². The number of hydrogen-bond donors (Lipinski definition) is 0. The van der Waals surface area contributed by atoms with Crippen LogP contribution in [0.3, 0.4) is 0 Å². The molecule has 0 bridgehead atoms. The molecule has 0 saturated heterocycles. The highest BCUT2D eigenvalue weighted by Gasteiger charge is 2.49. The molecule has 6 nitrogen and oxygen atoms in total. The van der Waals surface area contributed by atoms with Crippen molar-refractivity contribution in [2.24, 2.45) is 0 Å². The summed E-state index contributed by atoms with van der Waals surface area (Å²) in [7, 11) is -3.89. The fourth-order valence-electron chi connectivity index (χ4n) is 1.19. The van der Waals surface area contributed by atoms with Crippen molar-refractivity contribution in [2.45, 2.75) is 5.51 Å². The fraction of sp³-hybridized carbons (Fsp3) is 0.300. The van der Waals surface area contributed by atoms with Gasteiger partial charge in [-0.3, -0.25) is 0 Å². The predicted molar refractivity (Wildman–Crippen MR) is 59.9 cm³/mol. The van der Waals surface area contributed by atoms with Crippen molar-refractivity contribution in [3.05, 3.63) is 23.8 Å². The van der Waals surface area contributed by atoms with Gasteiger partial charge in [0.05, 0.1) is 14.2 Å². The summed E-state index contributed by atoms with van der Waals surface area (Å²) in [6.07, 6.45) is 0. The maximum atomic E-state index is 12.3. The van der Waals surface area contributed by atoms with Crippen molar-refractivity contribution < 1.29 is 40.0 Å². The van der Waals surface area contributed by atoms with Crippen LogP contribution >= 0.6 is 0 Å². The smallest absolute Gasteiger partial charge is 0.493 e. The van der Waals surface area contributed by atoms with E-state index in [1.54, 1.807) is 0 Å². The van der Waals surface area contributed by atoms with Crippen LogP contribution in [-0.2, 0) is 14.9 Å². The Labute approximate surface area is 112 Å². The third kappa shape index (κ3) is 3.13. The van der Waals surface area contributed by atoms with Crippen LogP contribution in [0.15, 0.2) is 18.2 Å². The minimum atomic E-state index is -5.94. The van der Waals surface area contributed by atoms with Crippen molar-refractivity contribution in [2.75, 3.05) is 14.2 Å². The fourth-order valence-corrected chi connectivity index (χ4v) is 1.68. The molecule has 0 aliphatic heterocycles. The first-order chi connectivity index (χ1) is 9.14. The normalized spacial score (nSPS) is 11.8. The minimum Gasteiger partial charge on any atom is -0.493 e. The third-order valence-corrected chi connectivity index (χ3v) is 3.03. The van der Waals surface area contributed by atoms with E-state index in [9.17, 15) is 26.4 Å². The van der Waals surface area contributed by atoms with Gasteiger partial charge in [0.15, 0.2) is 11.5 Å². The number of benzene rings is 1. The highest BCUT2D eigenvalue weighted by Crippen LogP contribution is 2.36. The van der Waals surface area contributed by atoms with Crippen molar-refractivity contribution >= 4 is 16.1 Å². The largest absolute Gasteiger partial charge is 0.534 e. The lowest BCUT2D eigenvalue weighted by molar-refractivity contribution is -0.0501. The van der Waals surface area contributed by atoms with Crippen LogP contribution in [0.4, 0.5) is 13.2 Å². The van der Waals surface area contributed by atoms with Gasteiger partial charge >= 0.3 is 21.6 Å². The van der Waals surface area contributed by atoms with Gasteiger partial charge in [0.25, 0.3) is 0 Å². The first kappa shape index (κ1) is 16.1. The zero-order valence-electron chi connectivity index (χ0n) is 10.2. The van der Waals surface area contributed by atoms with Gasteiger partial charge in [-0.25, -0.2) is 4.79 Å². The van der Waals surface area contributed by atoms with E-state index in [-0.39, 0.29) is 5.75 Å². The summed E-state index contributed by atoms with van der Waals surface area (Å²) in [4.78, 5) is 11.4. The van der Waals surface area contributed by atoms with E-state index in [0.717, 1.165) is 26.4 Å². The number of methoxy groups -OCH3 is 2. The summed E-state index contributed by atoms with van der Waals surface area (Å²) < 4.78 is 71.9. The number of rotatable bonds is 4. The summed E-state index contributed by atoms with van der Waals surface area (Å²) in [6, 6.07) is 3.43. The second-order valence-corrected chi connectivity index (χ2v) is 4.85. The lowest BCUT2D eigenvalue weighted by Crippen LogP contribution is -2.28. The Morgan fingerprint density at radius 1 is 1.20 bits per heavy atom. The average molecular weight is 314 g/mol. The Balaban J connectivity index is 3.40. The summed E-state index contributed by atoms with van der Waals surface area (Å²) in [5, 5.41) is 0. The lowest BCUT2D eigenvalue weighted by atomic mass is 10.2. The number of hydrogen-bond acceptors (Lipinski definition) is 6. The minimum absolute atomic E-state index is 0.360. The van der Waals surface area contributed by atoms with Gasteiger partial charge in [-0.1, -0.05) is 6.07 Å². The number of carbonyl (C=O) groups excluding carboxylic acids is 1. The Bertz CT molecular complexity index is 608. The number of esters is 1. The van der Waals surface area contributed by atoms with Gasteiger partial charge in [-0.15, -0.1) is 0 Å². The molecule has 0 aliphatic carbocycles. The molecule has 10 heteroatoms. The van der Waals surface area contributed by atoms with Crippen LogP contribution in [-0.4, -0.2) is 34.1 Å². The number of alkyl halides is 3. The molecule has 0 amide bonds. The zero-order chi connectivity index (χ0) is 15.6. The van der Waals surface area contributed by atoms with Gasteiger partial charge in [0, 0.05) is 0 Å². The van der Waals surface area contributed by atoms with E-state index < -0.39 is 32.9 Å². The van der Waals surface area contributed by atoms with Crippen molar-refractivity contribution in [1.82, 2.24) is 0 Å². The molecule has 20 heavy (non-hydrogen) atoms. The Morgan fingerprint density at radius 3 is 2.25 bits per heavy atom. The molecule has 0 heterocycles. The van der Waals surface area contributed by atoms with Crippen molar-refractivity contribution in [3.8, 4) is 11.5 Å². The van der Waals surface area contributed by atoms with E-state index in [1.165, 1.54) is 6.07 Å². The maximum absolute atomic E-state index is 12.3. The molecule has 0 radical (unpaired) electrons. The number of ether oxygens (including phenoxy) is 2. The summed E-state index contributed by atoms with van der Waals surface area (Å²) in [5.74, 6) is -2.32. The van der Waals surface area contributed by atoms with E-state index in [1.807, 2.05) is 0 Å². The van der Waals surface area contributed by atoms with Gasteiger partial charge < -0.3 is 13.7 Å². The van der Waals surface area contributed by atoms with E-state index >= 15 is 0 Å². The van der Waals surface area contributed by atoms with Crippen LogP contribution in [0.5, 0.6) is 11.5 Å².